The van der Waals surface area contributed by atoms with Gasteiger partial charge in [0.25, 0.3) is 0 Å². The Morgan fingerprint density at radius 3 is 2.36 bits per heavy atom. The van der Waals surface area contributed by atoms with E-state index >= 15 is 0 Å². The zero-order chi connectivity index (χ0) is 10.4. The minimum absolute atomic E-state index is 0.0494. The van der Waals surface area contributed by atoms with Gasteiger partial charge >= 0.3 is 0 Å². The molecular weight excluding hydrogens is 176 g/mol. The lowest BCUT2D eigenvalue weighted by molar-refractivity contribution is 0.197. The van der Waals surface area contributed by atoms with Crippen LogP contribution in [-0.4, -0.2) is 13.2 Å². The van der Waals surface area contributed by atoms with Gasteiger partial charge < -0.3 is 4.74 Å². The largest absolute Gasteiger partial charge is 0.493 e. The Labute approximate surface area is 85.5 Å². The van der Waals surface area contributed by atoms with Crippen molar-refractivity contribution in [3.63, 3.8) is 0 Å². The van der Waals surface area contributed by atoms with Gasteiger partial charge in [0.1, 0.15) is 5.75 Å². The predicted molar refractivity (Wildman–Crippen MR) is 56.0 cm³/mol. The molecule has 0 saturated carbocycles. The predicted octanol–water partition coefficient (Wildman–Crippen LogP) is 2.69. The van der Waals surface area contributed by atoms with Crippen molar-refractivity contribution in [3.8, 4) is 5.75 Å². The highest BCUT2D eigenvalue weighted by Crippen LogP contribution is 2.13. The second-order valence-electron chi connectivity index (χ2n) is 3.80. The normalized spacial score (nSPS) is 10.6. The second-order valence-corrected chi connectivity index (χ2v) is 3.80. The van der Waals surface area contributed by atoms with Crippen LogP contribution in [0.15, 0.2) is 24.3 Å². The molecule has 0 aliphatic heterocycles. The van der Waals surface area contributed by atoms with E-state index in [2.05, 4.69) is 13.8 Å². The molecule has 2 heteroatoms. The summed E-state index contributed by atoms with van der Waals surface area (Å²) in [5, 5.41) is 10.4. The summed E-state index contributed by atoms with van der Waals surface area (Å²) in [4.78, 5) is 0. The van der Waals surface area contributed by atoms with Crippen molar-refractivity contribution in [3.05, 3.63) is 29.8 Å². The molecule has 1 aromatic carbocycles. The quantitative estimate of drug-likeness (QED) is 0.706. The molecule has 77 valence electrons. The standard InChI is InChI=1S/C12H17O2/c1-10(2)9-14-12-5-3-11(4-6-12)7-8-13/h3-6,10H,7-9H2,1-2H3. The van der Waals surface area contributed by atoms with E-state index in [0.29, 0.717) is 12.3 Å². The molecule has 0 aromatic heterocycles. The van der Waals surface area contributed by atoms with E-state index in [1.165, 1.54) is 0 Å². The van der Waals surface area contributed by atoms with Crippen LogP contribution in [0.5, 0.6) is 5.75 Å². The Hall–Kier alpha value is -1.02. The summed E-state index contributed by atoms with van der Waals surface area (Å²) in [6.45, 7) is 4.92. The first-order chi connectivity index (χ1) is 6.72. The summed E-state index contributed by atoms with van der Waals surface area (Å²) in [5.41, 5.74) is 1.08. The van der Waals surface area contributed by atoms with Crippen molar-refractivity contribution in [1.29, 1.82) is 0 Å². The van der Waals surface area contributed by atoms with Crippen LogP contribution in [0.4, 0.5) is 0 Å². The SMILES string of the molecule is CC(C)COc1ccc(CC[O])cc1. The van der Waals surface area contributed by atoms with Gasteiger partial charge in [0.2, 0.25) is 0 Å². The van der Waals surface area contributed by atoms with Crippen molar-refractivity contribution in [2.24, 2.45) is 5.92 Å². The van der Waals surface area contributed by atoms with E-state index in [0.717, 1.165) is 17.9 Å². The average Bonchev–Trinajstić information content (AvgIpc) is 2.17. The van der Waals surface area contributed by atoms with Crippen molar-refractivity contribution < 1.29 is 9.84 Å². The summed E-state index contributed by atoms with van der Waals surface area (Å²) in [5.74, 6) is 1.42. The molecule has 0 fully saturated rings. The molecule has 1 rings (SSSR count). The van der Waals surface area contributed by atoms with Crippen LogP contribution in [-0.2, 0) is 11.5 Å². The molecule has 14 heavy (non-hydrogen) atoms. The van der Waals surface area contributed by atoms with Crippen LogP contribution in [0.1, 0.15) is 19.4 Å². The third kappa shape index (κ3) is 3.79. The lowest BCUT2D eigenvalue weighted by atomic mass is 10.1. The highest BCUT2D eigenvalue weighted by Gasteiger charge is 1.97. The molecule has 1 radical (unpaired) electrons. The molecule has 0 saturated heterocycles. The Morgan fingerprint density at radius 1 is 1.21 bits per heavy atom. The topological polar surface area (TPSA) is 29.1 Å². The third-order valence-corrected chi connectivity index (χ3v) is 1.90. The lowest BCUT2D eigenvalue weighted by Gasteiger charge is -2.08. The zero-order valence-corrected chi connectivity index (χ0v) is 8.82. The van der Waals surface area contributed by atoms with Crippen LogP contribution in [0.2, 0.25) is 0 Å². The van der Waals surface area contributed by atoms with Gasteiger partial charge in [-0.2, -0.15) is 0 Å². The fourth-order valence-corrected chi connectivity index (χ4v) is 1.13. The van der Waals surface area contributed by atoms with Gasteiger partial charge in [-0.3, -0.25) is 0 Å². The minimum atomic E-state index is -0.0494. The number of hydrogen-bond acceptors (Lipinski definition) is 1. The van der Waals surface area contributed by atoms with Gasteiger partial charge in [-0.25, -0.2) is 5.11 Å². The van der Waals surface area contributed by atoms with Gasteiger partial charge in [0.15, 0.2) is 0 Å². The molecule has 0 amide bonds. The van der Waals surface area contributed by atoms with E-state index < -0.39 is 0 Å². The number of hydrogen-bond donors (Lipinski definition) is 0. The highest BCUT2D eigenvalue weighted by atomic mass is 16.5. The Balaban J connectivity index is 2.46. The van der Waals surface area contributed by atoms with Gasteiger partial charge in [0.05, 0.1) is 13.2 Å². The maximum Gasteiger partial charge on any atom is 0.119 e. The Kier molecular flexibility index (Phi) is 4.47. The summed E-state index contributed by atoms with van der Waals surface area (Å²) in [6, 6.07) is 7.75. The summed E-state index contributed by atoms with van der Waals surface area (Å²) in [7, 11) is 0. The number of ether oxygens (including phenoxy) is 1. The van der Waals surface area contributed by atoms with E-state index in [9.17, 15) is 5.11 Å². The van der Waals surface area contributed by atoms with Crippen LogP contribution in [0, 0.1) is 5.92 Å². The maximum atomic E-state index is 10.4. The first-order valence-electron chi connectivity index (χ1n) is 5.02. The minimum Gasteiger partial charge on any atom is -0.493 e. The molecule has 0 atom stereocenters. The number of benzene rings is 1. The van der Waals surface area contributed by atoms with Crippen molar-refractivity contribution >= 4 is 0 Å². The molecule has 0 aliphatic rings. The van der Waals surface area contributed by atoms with Crippen molar-refractivity contribution in [1.82, 2.24) is 0 Å². The molecule has 0 unspecified atom stereocenters. The fourth-order valence-electron chi connectivity index (χ4n) is 1.13. The second kappa shape index (κ2) is 5.66. The van der Waals surface area contributed by atoms with Crippen LogP contribution in [0.25, 0.3) is 0 Å². The molecule has 0 spiro atoms. The smallest absolute Gasteiger partial charge is 0.119 e. The monoisotopic (exact) mass is 193 g/mol. The van der Waals surface area contributed by atoms with Gasteiger partial charge in [-0.15, -0.1) is 0 Å². The van der Waals surface area contributed by atoms with Gasteiger partial charge in [-0.05, 0) is 30.0 Å². The first-order valence-corrected chi connectivity index (χ1v) is 5.02. The lowest BCUT2D eigenvalue weighted by Crippen LogP contribution is -2.04. The molecule has 0 heterocycles. The first kappa shape index (κ1) is 11.1. The maximum absolute atomic E-state index is 10.4. The van der Waals surface area contributed by atoms with Crippen LogP contribution in [0.3, 0.4) is 0 Å². The highest BCUT2D eigenvalue weighted by molar-refractivity contribution is 5.27. The average molecular weight is 193 g/mol. The van der Waals surface area contributed by atoms with Crippen molar-refractivity contribution in [2.45, 2.75) is 20.3 Å². The summed E-state index contributed by atoms with van der Waals surface area (Å²) < 4.78 is 5.52. The van der Waals surface area contributed by atoms with E-state index in [1.807, 2.05) is 24.3 Å². The molecular formula is C12H17O2. The molecule has 0 bridgehead atoms. The summed E-state index contributed by atoms with van der Waals surface area (Å²) >= 11 is 0. The van der Waals surface area contributed by atoms with E-state index in [4.69, 9.17) is 4.74 Å². The van der Waals surface area contributed by atoms with Crippen LogP contribution < -0.4 is 4.74 Å². The summed E-state index contributed by atoms with van der Waals surface area (Å²) in [6.07, 6.45) is 0.602. The molecule has 2 nitrogen and oxygen atoms in total. The van der Waals surface area contributed by atoms with E-state index in [-0.39, 0.29) is 6.61 Å². The van der Waals surface area contributed by atoms with Gasteiger partial charge in [0, 0.05) is 0 Å². The third-order valence-electron chi connectivity index (χ3n) is 1.90. The van der Waals surface area contributed by atoms with Crippen molar-refractivity contribution in [2.75, 3.05) is 13.2 Å². The van der Waals surface area contributed by atoms with Gasteiger partial charge in [-0.1, -0.05) is 26.0 Å². The molecule has 0 aliphatic carbocycles. The Bertz CT molecular complexity index is 252. The van der Waals surface area contributed by atoms with Crippen LogP contribution >= 0.6 is 0 Å². The fraction of sp³-hybridized carbons (Fsp3) is 0.500. The van der Waals surface area contributed by atoms with E-state index in [1.54, 1.807) is 0 Å². The molecule has 1 aromatic rings. The Morgan fingerprint density at radius 2 is 1.86 bits per heavy atom. The molecule has 0 N–H and O–H groups in total. The number of rotatable bonds is 5. The zero-order valence-electron chi connectivity index (χ0n) is 8.82.